The minimum absolute atomic E-state index is 0.0540. The zero-order chi connectivity index (χ0) is 15.4. The van der Waals surface area contributed by atoms with Gasteiger partial charge in [-0.1, -0.05) is 18.6 Å². The molecule has 1 heterocycles. The molecule has 1 aromatic carbocycles. The van der Waals surface area contributed by atoms with E-state index in [1.807, 2.05) is 24.3 Å². The molecule has 3 nitrogen and oxygen atoms in total. The molecule has 3 unspecified atom stereocenters. The maximum absolute atomic E-state index is 11.1. The van der Waals surface area contributed by atoms with E-state index in [4.69, 9.17) is 11.6 Å². The number of amides is 1. The number of nitrogens with zero attached hydrogens (tertiary/aromatic N) is 1. The summed E-state index contributed by atoms with van der Waals surface area (Å²) in [6, 6.07) is 9.02. The number of anilines is 1. The first-order valence-electron chi connectivity index (χ1n) is 7.74. The van der Waals surface area contributed by atoms with E-state index in [9.17, 15) is 4.79 Å². The number of hydrogen-bond acceptors (Lipinski definition) is 2. The zero-order valence-electron chi connectivity index (χ0n) is 13.1. The lowest BCUT2D eigenvalue weighted by atomic mass is 9.96. The van der Waals surface area contributed by atoms with Crippen LogP contribution in [0.25, 0.3) is 0 Å². The number of benzene rings is 1. The third-order valence-electron chi connectivity index (χ3n) is 4.32. The van der Waals surface area contributed by atoms with Gasteiger partial charge in [-0.2, -0.15) is 0 Å². The Morgan fingerprint density at radius 2 is 2.05 bits per heavy atom. The molecule has 2 rings (SSSR count). The first-order valence-corrected chi connectivity index (χ1v) is 8.18. The van der Waals surface area contributed by atoms with Gasteiger partial charge in [0, 0.05) is 31.2 Å². The summed E-state index contributed by atoms with van der Waals surface area (Å²) < 4.78 is 0. The fourth-order valence-electron chi connectivity index (χ4n) is 3.14. The summed E-state index contributed by atoms with van der Waals surface area (Å²) in [6.45, 7) is 6.94. The van der Waals surface area contributed by atoms with Gasteiger partial charge in [0.05, 0.1) is 5.38 Å². The van der Waals surface area contributed by atoms with Crippen LogP contribution in [-0.4, -0.2) is 29.4 Å². The second-order valence-corrected chi connectivity index (χ2v) is 6.63. The minimum Gasteiger partial charge on any atom is -0.326 e. The van der Waals surface area contributed by atoms with Crippen molar-refractivity contribution in [3.63, 3.8) is 0 Å². The molecule has 1 aliphatic heterocycles. The van der Waals surface area contributed by atoms with E-state index in [-0.39, 0.29) is 11.3 Å². The molecule has 21 heavy (non-hydrogen) atoms. The highest BCUT2D eigenvalue weighted by molar-refractivity contribution is 6.21. The van der Waals surface area contributed by atoms with Gasteiger partial charge in [0.15, 0.2) is 0 Å². The van der Waals surface area contributed by atoms with E-state index in [1.54, 1.807) is 0 Å². The lowest BCUT2D eigenvalue weighted by molar-refractivity contribution is -0.114. The number of carbonyl (C=O) groups is 1. The van der Waals surface area contributed by atoms with Crippen molar-refractivity contribution in [3.05, 3.63) is 29.8 Å². The first-order chi connectivity index (χ1) is 9.97. The summed E-state index contributed by atoms with van der Waals surface area (Å²) in [4.78, 5) is 13.7. The Hall–Kier alpha value is -1.06. The maximum Gasteiger partial charge on any atom is 0.221 e. The Morgan fingerprint density at radius 3 is 2.67 bits per heavy atom. The van der Waals surface area contributed by atoms with Crippen molar-refractivity contribution in [2.24, 2.45) is 0 Å². The summed E-state index contributed by atoms with van der Waals surface area (Å²) >= 11 is 6.62. The number of rotatable bonds is 4. The van der Waals surface area contributed by atoms with Crippen molar-refractivity contribution in [1.29, 1.82) is 0 Å². The van der Waals surface area contributed by atoms with Crippen LogP contribution >= 0.6 is 11.6 Å². The molecule has 1 N–H and O–H groups in total. The average molecular weight is 309 g/mol. The third-order valence-corrected chi connectivity index (χ3v) is 4.71. The number of carbonyl (C=O) groups excluding carboxylic acids is 1. The minimum atomic E-state index is -0.0588. The van der Waals surface area contributed by atoms with Crippen LogP contribution in [0, 0.1) is 0 Å². The van der Waals surface area contributed by atoms with Gasteiger partial charge >= 0.3 is 0 Å². The molecule has 0 spiro atoms. The molecule has 1 aromatic rings. The summed E-state index contributed by atoms with van der Waals surface area (Å²) in [7, 11) is 0. The summed E-state index contributed by atoms with van der Waals surface area (Å²) in [5, 5.41) is 2.76. The smallest absolute Gasteiger partial charge is 0.221 e. The van der Waals surface area contributed by atoms with Crippen molar-refractivity contribution < 1.29 is 4.79 Å². The van der Waals surface area contributed by atoms with E-state index in [0.717, 1.165) is 17.8 Å². The van der Waals surface area contributed by atoms with E-state index in [0.29, 0.717) is 12.1 Å². The second-order valence-electron chi connectivity index (χ2n) is 6.10. The highest BCUT2D eigenvalue weighted by atomic mass is 35.5. The van der Waals surface area contributed by atoms with Crippen LogP contribution in [0.15, 0.2) is 24.3 Å². The number of likely N-dealkylation sites (tertiary alicyclic amines) is 1. The van der Waals surface area contributed by atoms with Crippen LogP contribution in [0.1, 0.15) is 51.0 Å². The SMILES string of the molecule is CC(=O)Nc1cccc(C(Cl)CN2C(C)CCCC2C)c1. The van der Waals surface area contributed by atoms with Crippen molar-refractivity contribution in [1.82, 2.24) is 4.90 Å². The van der Waals surface area contributed by atoms with Gasteiger partial charge in [-0.25, -0.2) is 0 Å². The van der Waals surface area contributed by atoms with Gasteiger partial charge in [-0.05, 0) is 44.4 Å². The fraction of sp³-hybridized carbons (Fsp3) is 0.588. The number of hydrogen-bond donors (Lipinski definition) is 1. The van der Waals surface area contributed by atoms with Crippen LogP contribution in [0.5, 0.6) is 0 Å². The molecule has 0 radical (unpaired) electrons. The molecule has 1 amide bonds. The topological polar surface area (TPSA) is 32.3 Å². The van der Waals surface area contributed by atoms with Crippen LogP contribution in [0.4, 0.5) is 5.69 Å². The number of halogens is 1. The quantitative estimate of drug-likeness (QED) is 0.846. The van der Waals surface area contributed by atoms with Gasteiger partial charge in [-0.3, -0.25) is 9.69 Å². The Labute approximate surface area is 132 Å². The molecule has 3 atom stereocenters. The maximum atomic E-state index is 11.1. The van der Waals surface area contributed by atoms with E-state index >= 15 is 0 Å². The van der Waals surface area contributed by atoms with Gasteiger partial charge < -0.3 is 5.32 Å². The van der Waals surface area contributed by atoms with Crippen molar-refractivity contribution in [2.75, 3.05) is 11.9 Å². The highest BCUT2D eigenvalue weighted by Crippen LogP contribution is 2.29. The number of piperidine rings is 1. The first kappa shape index (κ1) is 16.3. The van der Waals surface area contributed by atoms with Crippen LogP contribution in [-0.2, 0) is 4.79 Å². The number of nitrogens with one attached hydrogen (secondary N) is 1. The van der Waals surface area contributed by atoms with Gasteiger partial charge in [0.25, 0.3) is 0 Å². The summed E-state index contributed by atoms with van der Waals surface area (Å²) in [6.07, 6.45) is 3.81. The zero-order valence-corrected chi connectivity index (χ0v) is 13.9. The lowest BCUT2D eigenvalue weighted by Crippen LogP contribution is -2.45. The molecule has 0 bridgehead atoms. The van der Waals surface area contributed by atoms with Crippen molar-refractivity contribution >= 4 is 23.2 Å². The third kappa shape index (κ3) is 4.45. The predicted molar refractivity (Wildman–Crippen MR) is 88.8 cm³/mol. The Balaban J connectivity index is 2.05. The van der Waals surface area contributed by atoms with Crippen LogP contribution < -0.4 is 5.32 Å². The second kappa shape index (κ2) is 7.28. The molecule has 4 heteroatoms. The standard InChI is InChI=1S/C17H25ClN2O/c1-12-6-4-7-13(2)20(12)11-17(18)15-8-5-9-16(10-15)19-14(3)21/h5,8-10,12-13,17H,4,6-7,11H2,1-3H3,(H,19,21). The lowest BCUT2D eigenvalue weighted by Gasteiger charge is -2.40. The van der Waals surface area contributed by atoms with Crippen molar-refractivity contribution in [3.8, 4) is 0 Å². The molecular weight excluding hydrogens is 284 g/mol. The molecular formula is C17H25ClN2O. The summed E-state index contributed by atoms with van der Waals surface area (Å²) in [5.74, 6) is -0.0588. The Bertz CT molecular complexity index is 481. The molecule has 116 valence electrons. The predicted octanol–water partition coefficient (Wildman–Crippen LogP) is 4.19. The monoisotopic (exact) mass is 308 g/mol. The normalized spacial score (nSPS) is 24.6. The Kier molecular flexibility index (Phi) is 5.65. The van der Waals surface area contributed by atoms with E-state index in [2.05, 4.69) is 24.1 Å². The molecule has 1 saturated heterocycles. The van der Waals surface area contributed by atoms with Gasteiger partial charge in [-0.15, -0.1) is 11.6 Å². The fourth-order valence-corrected chi connectivity index (χ4v) is 3.43. The largest absolute Gasteiger partial charge is 0.326 e. The van der Waals surface area contributed by atoms with Crippen LogP contribution in [0.3, 0.4) is 0 Å². The molecule has 0 aromatic heterocycles. The van der Waals surface area contributed by atoms with Crippen molar-refractivity contribution in [2.45, 2.75) is 57.5 Å². The highest BCUT2D eigenvalue weighted by Gasteiger charge is 2.26. The molecule has 1 fully saturated rings. The molecule has 0 saturated carbocycles. The number of alkyl halides is 1. The Morgan fingerprint density at radius 1 is 1.38 bits per heavy atom. The van der Waals surface area contributed by atoms with Gasteiger partial charge in [0.2, 0.25) is 5.91 Å². The molecule has 0 aliphatic carbocycles. The molecule has 1 aliphatic rings. The van der Waals surface area contributed by atoms with E-state index in [1.165, 1.54) is 26.2 Å². The average Bonchev–Trinajstić information content (AvgIpc) is 2.42. The summed E-state index contributed by atoms with van der Waals surface area (Å²) in [5.41, 5.74) is 1.87. The van der Waals surface area contributed by atoms with Crippen LogP contribution in [0.2, 0.25) is 0 Å². The van der Waals surface area contributed by atoms with Gasteiger partial charge in [0.1, 0.15) is 0 Å². The van der Waals surface area contributed by atoms with E-state index < -0.39 is 0 Å².